The number of hydrogen-bond donors (Lipinski definition) is 1. The number of aromatic nitrogens is 2. The van der Waals surface area contributed by atoms with Crippen LogP contribution in [0.25, 0.3) is 5.65 Å². The van der Waals surface area contributed by atoms with Gasteiger partial charge < -0.3 is 10.1 Å². The average molecular weight is 306 g/mol. The minimum atomic E-state index is -3.20. The summed E-state index contributed by atoms with van der Waals surface area (Å²) >= 11 is 0. The standard InChI is InChI=1S/C14H18N4O2S/c15-7-12-9-17-8-11(10-2-3-10)6-13(14(17)16-12)18-4-1-5-21(18,19)20/h6,8-10H,1-5,7,15H2. The van der Waals surface area contributed by atoms with Crippen LogP contribution in [0.5, 0.6) is 0 Å². The molecule has 2 fully saturated rings. The highest BCUT2D eigenvalue weighted by atomic mass is 32.2. The highest BCUT2D eigenvalue weighted by Crippen LogP contribution is 2.42. The average Bonchev–Trinajstić information content (AvgIpc) is 3.12. The Bertz CT molecular complexity index is 808. The van der Waals surface area contributed by atoms with Gasteiger partial charge in [0, 0.05) is 25.5 Å². The molecule has 0 spiro atoms. The van der Waals surface area contributed by atoms with E-state index in [9.17, 15) is 8.42 Å². The zero-order valence-corrected chi connectivity index (χ0v) is 12.5. The van der Waals surface area contributed by atoms with Crippen LogP contribution >= 0.6 is 0 Å². The molecule has 6 nitrogen and oxygen atoms in total. The maximum absolute atomic E-state index is 12.2. The van der Waals surface area contributed by atoms with Crippen molar-refractivity contribution in [2.75, 3.05) is 16.6 Å². The summed E-state index contributed by atoms with van der Waals surface area (Å²) in [5.74, 6) is 0.777. The van der Waals surface area contributed by atoms with Crippen LogP contribution in [0.4, 0.5) is 5.69 Å². The van der Waals surface area contributed by atoms with E-state index in [4.69, 9.17) is 5.73 Å². The molecule has 0 amide bonds. The van der Waals surface area contributed by atoms with E-state index in [1.165, 1.54) is 22.7 Å². The Morgan fingerprint density at radius 3 is 2.76 bits per heavy atom. The normalized spacial score (nSPS) is 21.3. The molecule has 2 aliphatic rings. The quantitative estimate of drug-likeness (QED) is 0.924. The summed E-state index contributed by atoms with van der Waals surface area (Å²) in [6.45, 7) is 0.892. The van der Waals surface area contributed by atoms with Gasteiger partial charge in [-0.05, 0) is 36.8 Å². The lowest BCUT2D eigenvalue weighted by molar-refractivity contribution is 0.599. The predicted molar refractivity (Wildman–Crippen MR) is 80.8 cm³/mol. The van der Waals surface area contributed by atoms with Gasteiger partial charge in [-0.2, -0.15) is 0 Å². The number of hydrogen-bond acceptors (Lipinski definition) is 4. The third-order valence-electron chi connectivity index (χ3n) is 4.23. The van der Waals surface area contributed by atoms with Crippen LogP contribution in [0.2, 0.25) is 0 Å². The number of anilines is 1. The van der Waals surface area contributed by atoms with E-state index in [0.717, 1.165) is 5.69 Å². The highest BCUT2D eigenvalue weighted by Gasteiger charge is 2.32. The summed E-state index contributed by atoms with van der Waals surface area (Å²) in [5, 5.41) is 0. The molecule has 7 heteroatoms. The topological polar surface area (TPSA) is 80.7 Å². The predicted octanol–water partition coefficient (Wildman–Crippen LogP) is 1.21. The number of rotatable bonds is 3. The molecule has 2 aromatic rings. The number of pyridine rings is 1. The zero-order valence-electron chi connectivity index (χ0n) is 11.7. The van der Waals surface area contributed by atoms with Crippen molar-refractivity contribution in [1.82, 2.24) is 9.38 Å². The molecule has 3 heterocycles. The Hall–Kier alpha value is -1.60. The zero-order chi connectivity index (χ0) is 14.6. The fourth-order valence-electron chi connectivity index (χ4n) is 2.98. The monoisotopic (exact) mass is 306 g/mol. The summed E-state index contributed by atoms with van der Waals surface area (Å²) < 4.78 is 27.9. The van der Waals surface area contributed by atoms with E-state index in [1.807, 2.05) is 16.7 Å². The summed E-state index contributed by atoms with van der Waals surface area (Å²) in [7, 11) is -3.20. The van der Waals surface area contributed by atoms with E-state index >= 15 is 0 Å². The Balaban J connectivity index is 1.94. The van der Waals surface area contributed by atoms with Crippen LogP contribution in [-0.4, -0.2) is 30.1 Å². The van der Waals surface area contributed by atoms with Crippen LogP contribution in [0, 0.1) is 0 Å². The molecule has 21 heavy (non-hydrogen) atoms. The van der Waals surface area contributed by atoms with Gasteiger partial charge in [-0.3, -0.25) is 4.31 Å². The lowest BCUT2D eigenvalue weighted by atomic mass is 10.2. The molecule has 112 valence electrons. The van der Waals surface area contributed by atoms with E-state index in [-0.39, 0.29) is 5.75 Å². The first kappa shape index (κ1) is 13.1. The van der Waals surface area contributed by atoms with E-state index in [1.54, 1.807) is 0 Å². The SMILES string of the molecule is NCc1cn2cc(C3CC3)cc(N3CCCS3(=O)=O)c2n1. The van der Waals surface area contributed by atoms with Gasteiger partial charge in [-0.15, -0.1) is 0 Å². The molecule has 2 N–H and O–H groups in total. The third kappa shape index (κ3) is 2.11. The molecule has 1 aliphatic carbocycles. The van der Waals surface area contributed by atoms with Crippen LogP contribution in [0.3, 0.4) is 0 Å². The van der Waals surface area contributed by atoms with Gasteiger partial charge in [0.2, 0.25) is 10.0 Å². The smallest absolute Gasteiger partial charge is 0.235 e. The molecular weight excluding hydrogens is 288 g/mol. The minimum Gasteiger partial charge on any atom is -0.325 e. The van der Waals surface area contributed by atoms with Crippen molar-refractivity contribution in [3.05, 3.63) is 29.7 Å². The Morgan fingerprint density at radius 2 is 2.14 bits per heavy atom. The summed E-state index contributed by atoms with van der Waals surface area (Å²) in [5.41, 5.74) is 9.04. The van der Waals surface area contributed by atoms with Gasteiger partial charge in [0.25, 0.3) is 0 Å². The van der Waals surface area contributed by atoms with E-state index in [2.05, 4.69) is 11.2 Å². The molecule has 0 aromatic carbocycles. The third-order valence-corrected chi connectivity index (χ3v) is 6.08. The van der Waals surface area contributed by atoms with Crippen molar-refractivity contribution in [2.24, 2.45) is 5.73 Å². The van der Waals surface area contributed by atoms with Crippen LogP contribution in [0.1, 0.15) is 36.4 Å². The van der Waals surface area contributed by atoms with Crippen molar-refractivity contribution in [1.29, 1.82) is 0 Å². The van der Waals surface area contributed by atoms with Crippen LogP contribution in [0.15, 0.2) is 18.5 Å². The summed E-state index contributed by atoms with van der Waals surface area (Å²) in [6.07, 6.45) is 6.98. The maximum Gasteiger partial charge on any atom is 0.235 e. The lowest BCUT2D eigenvalue weighted by Crippen LogP contribution is -2.26. The Kier molecular flexibility index (Phi) is 2.77. The fourth-order valence-corrected chi connectivity index (χ4v) is 4.54. The molecule has 1 aliphatic heterocycles. The summed E-state index contributed by atoms with van der Waals surface area (Å²) in [6, 6.07) is 2.00. The van der Waals surface area contributed by atoms with Crippen molar-refractivity contribution in [2.45, 2.75) is 31.7 Å². The van der Waals surface area contributed by atoms with E-state index in [0.29, 0.717) is 36.8 Å². The van der Waals surface area contributed by atoms with Gasteiger partial charge in [-0.25, -0.2) is 13.4 Å². The minimum absolute atomic E-state index is 0.220. The van der Waals surface area contributed by atoms with Gasteiger partial charge in [0.15, 0.2) is 5.65 Å². The van der Waals surface area contributed by atoms with Gasteiger partial charge >= 0.3 is 0 Å². The lowest BCUT2D eigenvalue weighted by Gasteiger charge is -2.18. The number of fused-ring (bicyclic) bond motifs is 1. The molecule has 0 radical (unpaired) electrons. The number of sulfonamides is 1. The Labute approximate surface area is 123 Å². The van der Waals surface area contributed by atoms with Crippen LogP contribution < -0.4 is 10.0 Å². The van der Waals surface area contributed by atoms with Crippen molar-refractivity contribution in [3.8, 4) is 0 Å². The fraction of sp³-hybridized carbons (Fsp3) is 0.500. The summed E-state index contributed by atoms with van der Waals surface area (Å²) in [4.78, 5) is 4.49. The largest absolute Gasteiger partial charge is 0.325 e. The molecule has 0 atom stereocenters. The van der Waals surface area contributed by atoms with Crippen molar-refractivity contribution < 1.29 is 8.42 Å². The number of nitrogens with zero attached hydrogens (tertiary/aromatic N) is 3. The molecule has 4 rings (SSSR count). The van der Waals surface area contributed by atoms with Crippen molar-refractivity contribution in [3.63, 3.8) is 0 Å². The van der Waals surface area contributed by atoms with Crippen molar-refractivity contribution >= 4 is 21.4 Å². The highest BCUT2D eigenvalue weighted by molar-refractivity contribution is 7.93. The number of nitrogens with two attached hydrogens (primary N) is 1. The molecule has 0 bridgehead atoms. The second-order valence-electron chi connectivity index (χ2n) is 5.84. The molecule has 1 saturated heterocycles. The molecule has 2 aromatic heterocycles. The second-order valence-corrected chi connectivity index (χ2v) is 7.85. The molecular formula is C14H18N4O2S. The number of imidazole rings is 1. The Morgan fingerprint density at radius 1 is 1.33 bits per heavy atom. The molecule has 0 unspecified atom stereocenters. The van der Waals surface area contributed by atoms with Gasteiger partial charge in [-0.1, -0.05) is 0 Å². The second kappa shape index (κ2) is 4.45. The van der Waals surface area contributed by atoms with Crippen LogP contribution in [-0.2, 0) is 16.6 Å². The van der Waals surface area contributed by atoms with Gasteiger partial charge in [0.1, 0.15) is 0 Å². The first-order valence-corrected chi connectivity index (χ1v) is 8.91. The first-order chi connectivity index (χ1) is 10.1. The molecule has 1 saturated carbocycles. The maximum atomic E-state index is 12.2. The van der Waals surface area contributed by atoms with Gasteiger partial charge in [0.05, 0.1) is 17.1 Å². The van der Waals surface area contributed by atoms with E-state index < -0.39 is 10.0 Å². The first-order valence-electron chi connectivity index (χ1n) is 7.30.